The molecule has 0 spiro atoms. The number of para-hydroxylation sites is 1. The molecule has 0 radical (unpaired) electrons. The summed E-state index contributed by atoms with van der Waals surface area (Å²) in [6.45, 7) is 3.98. The molecule has 0 bridgehead atoms. The number of aromatic nitrogens is 5. The largest absolute Gasteiger partial charge is 0.360 e. The Hall–Kier alpha value is -4.00. The van der Waals surface area contributed by atoms with Crippen LogP contribution < -0.4 is 10.9 Å². The highest BCUT2D eigenvalue weighted by Crippen LogP contribution is 2.26. The SMILES string of the molecule is Cc1cccc2cc(C(C)Nc3ncnc4[nH]cnc34)n(-c3ccccc3)c(=O)c12. The maximum absolute atomic E-state index is 13.6. The van der Waals surface area contributed by atoms with Crippen LogP contribution in [-0.4, -0.2) is 24.5 Å². The first-order valence-electron chi connectivity index (χ1n) is 9.75. The molecule has 3 aromatic heterocycles. The van der Waals surface area contributed by atoms with Crippen molar-refractivity contribution in [2.45, 2.75) is 19.9 Å². The van der Waals surface area contributed by atoms with Crippen LogP contribution in [0, 0.1) is 6.92 Å². The molecular formula is C23H20N6O. The fourth-order valence-electron chi connectivity index (χ4n) is 3.87. The molecule has 2 aromatic carbocycles. The zero-order valence-corrected chi connectivity index (χ0v) is 16.6. The lowest BCUT2D eigenvalue weighted by Crippen LogP contribution is -2.26. The van der Waals surface area contributed by atoms with Gasteiger partial charge < -0.3 is 10.3 Å². The summed E-state index contributed by atoms with van der Waals surface area (Å²) in [5, 5.41) is 5.06. The number of fused-ring (bicyclic) bond motifs is 2. The highest BCUT2D eigenvalue weighted by atomic mass is 16.1. The van der Waals surface area contributed by atoms with Gasteiger partial charge in [0.1, 0.15) is 11.8 Å². The third-order valence-electron chi connectivity index (χ3n) is 5.31. The van der Waals surface area contributed by atoms with E-state index in [9.17, 15) is 4.79 Å². The first kappa shape index (κ1) is 18.1. The molecule has 2 N–H and O–H groups in total. The van der Waals surface area contributed by atoms with Crippen LogP contribution in [0.15, 0.2) is 72.0 Å². The predicted octanol–water partition coefficient (Wildman–Crippen LogP) is 4.14. The van der Waals surface area contributed by atoms with E-state index in [0.29, 0.717) is 17.0 Å². The number of aromatic amines is 1. The monoisotopic (exact) mass is 396 g/mol. The van der Waals surface area contributed by atoms with E-state index in [2.05, 4.69) is 31.3 Å². The maximum Gasteiger partial charge on any atom is 0.263 e. The van der Waals surface area contributed by atoms with Crippen molar-refractivity contribution < 1.29 is 0 Å². The van der Waals surface area contributed by atoms with Crippen LogP contribution >= 0.6 is 0 Å². The number of benzene rings is 2. The number of hydrogen-bond donors (Lipinski definition) is 2. The third-order valence-corrected chi connectivity index (χ3v) is 5.31. The molecule has 7 nitrogen and oxygen atoms in total. The van der Waals surface area contributed by atoms with Gasteiger partial charge in [0.15, 0.2) is 11.5 Å². The molecule has 30 heavy (non-hydrogen) atoms. The molecule has 0 aliphatic rings. The van der Waals surface area contributed by atoms with Crippen molar-refractivity contribution in [3.63, 3.8) is 0 Å². The summed E-state index contributed by atoms with van der Waals surface area (Å²) in [5.74, 6) is 0.616. The number of aryl methyl sites for hydroxylation is 1. The summed E-state index contributed by atoms with van der Waals surface area (Å²) in [4.78, 5) is 29.4. The van der Waals surface area contributed by atoms with Crippen LogP contribution in [0.2, 0.25) is 0 Å². The summed E-state index contributed by atoms with van der Waals surface area (Å²) in [5.41, 5.74) is 3.91. The molecule has 1 unspecified atom stereocenters. The van der Waals surface area contributed by atoms with Gasteiger partial charge in [-0.05, 0) is 43.0 Å². The van der Waals surface area contributed by atoms with E-state index >= 15 is 0 Å². The molecule has 5 rings (SSSR count). The number of pyridine rings is 1. The van der Waals surface area contributed by atoms with E-state index in [1.54, 1.807) is 10.9 Å². The molecule has 0 aliphatic carbocycles. The standard InChI is InChI=1S/C23H20N6O/c1-14-7-6-8-16-11-18(29(23(30)19(14)16)17-9-4-3-5-10-17)15(2)28-22-20-21(25-12-24-20)26-13-27-22/h3-13,15H,1-2H3,(H2,24,25,26,27,28). The second-order valence-corrected chi connectivity index (χ2v) is 7.27. The van der Waals surface area contributed by atoms with Crippen molar-refractivity contribution in [3.05, 3.63) is 88.9 Å². The summed E-state index contributed by atoms with van der Waals surface area (Å²) in [6, 6.07) is 17.5. The minimum absolute atomic E-state index is 0.0342. The van der Waals surface area contributed by atoms with Crippen molar-refractivity contribution in [2.24, 2.45) is 0 Å². The van der Waals surface area contributed by atoms with Gasteiger partial charge in [0.25, 0.3) is 5.56 Å². The second-order valence-electron chi connectivity index (χ2n) is 7.27. The normalized spacial score (nSPS) is 12.3. The van der Waals surface area contributed by atoms with Crippen molar-refractivity contribution >= 4 is 27.8 Å². The number of rotatable bonds is 4. The lowest BCUT2D eigenvalue weighted by molar-refractivity contribution is 0.774. The zero-order chi connectivity index (χ0) is 20.7. The van der Waals surface area contributed by atoms with Gasteiger partial charge in [-0.3, -0.25) is 9.36 Å². The van der Waals surface area contributed by atoms with Crippen molar-refractivity contribution in [3.8, 4) is 5.69 Å². The van der Waals surface area contributed by atoms with E-state index in [-0.39, 0.29) is 11.6 Å². The van der Waals surface area contributed by atoms with Gasteiger partial charge >= 0.3 is 0 Å². The van der Waals surface area contributed by atoms with Gasteiger partial charge in [-0.25, -0.2) is 15.0 Å². The van der Waals surface area contributed by atoms with Crippen LogP contribution in [0.1, 0.15) is 24.2 Å². The van der Waals surface area contributed by atoms with Gasteiger partial charge in [0.2, 0.25) is 0 Å². The van der Waals surface area contributed by atoms with E-state index in [4.69, 9.17) is 0 Å². The quantitative estimate of drug-likeness (QED) is 0.477. The molecule has 148 valence electrons. The first-order valence-corrected chi connectivity index (χ1v) is 9.75. The molecular weight excluding hydrogens is 376 g/mol. The average molecular weight is 396 g/mol. The van der Waals surface area contributed by atoms with Crippen LogP contribution in [0.5, 0.6) is 0 Å². The molecule has 5 aromatic rings. The van der Waals surface area contributed by atoms with Crippen LogP contribution in [-0.2, 0) is 0 Å². The zero-order valence-electron chi connectivity index (χ0n) is 16.6. The van der Waals surface area contributed by atoms with E-state index in [0.717, 1.165) is 27.7 Å². The number of nitrogens with one attached hydrogen (secondary N) is 2. The Bertz CT molecular complexity index is 1420. The fraction of sp³-hybridized carbons (Fsp3) is 0.130. The minimum Gasteiger partial charge on any atom is -0.360 e. The second kappa shape index (κ2) is 7.11. The Morgan fingerprint density at radius 2 is 1.87 bits per heavy atom. The van der Waals surface area contributed by atoms with Crippen LogP contribution in [0.4, 0.5) is 5.82 Å². The molecule has 0 aliphatic heterocycles. The molecule has 7 heteroatoms. The molecule has 1 atom stereocenters. The topological polar surface area (TPSA) is 88.5 Å². The Kier molecular flexibility index (Phi) is 4.28. The van der Waals surface area contributed by atoms with Gasteiger partial charge in [-0.1, -0.05) is 36.4 Å². The fourth-order valence-corrected chi connectivity index (χ4v) is 3.87. The Morgan fingerprint density at radius 3 is 2.70 bits per heavy atom. The van der Waals surface area contributed by atoms with E-state index in [1.165, 1.54) is 6.33 Å². The van der Waals surface area contributed by atoms with Gasteiger partial charge in [-0.2, -0.15) is 0 Å². The predicted molar refractivity (Wildman–Crippen MR) is 118 cm³/mol. The number of hydrogen-bond acceptors (Lipinski definition) is 5. The number of nitrogens with zero attached hydrogens (tertiary/aromatic N) is 4. The molecule has 0 amide bonds. The summed E-state index contributed by atoms with van der Waals surface area (Å²) in [6.07, 6.45) is 3.08. The molecule has 0 saturated carbocycles. The number of imidazole rings is 1. The summed E-state index contributed by atoms with van der Waals surface area (Å²) < 4.78 is 1.77. The highest BCUT2D eigenvalue weighted by molar-refractivity contribution is 5.86. The number of H-pyrrole nitrogens is 1. The van der Waals surface area contributed by atoms with Crippen molar-refractivity contribution in [2.75, 3.05) is 5.32 Å². The molecule has 0 fully saturated rings. The van der Waals surface area contributed by atoms with Crippen LogP contribution in [0.3, 0.4) is 0 Å². The first-order chi connectivity index (χ1) is 14.6. The van der Waals surface area contributed by atoms with Gasteiger partial charge in [0, 0.05) is 11.4 Å². The summed E-state index contributed by atoms with van der Waals surface area (Å²) >= 11 is 0. The van der Waals surface area contributed by atoms with Crippen LogP contribution in [0.25, 0.3) is 27.6 Å². The van der Waals surface area contributed by atoms with Gasteiger partial charge in [-0.15, -0.1) is 0 Å². The Morgan fingerprint density at radius 1 is 1.03 bits per heavy atom. The average Bonchev–Trinajstić information content (AvgIpc) is 3.24. The molecule has 0 saturated heterocycles. The minimum atomic E-state index is -0.211. The highest BCUT2D eigenvalue weighted by Gasteiger charge is 2.18. The Balaban J connectivity index is 1.71. The lowest BCUT2D eigenvalue weighted by Gasteiger charge is -2.21. The van der Waals surface area contributed by atoms with E-state index < -0.39 is 0 Å². The van der Waals surface area contributed by atoms with Crippen molar-refractivity contribution in [1.29, 1.82) is 0 Å². The van der Waals surface area contributed by atoms with Crippen molar-refractivity contribution in [1.82, 2.24) is 24.5 Å². The molecule has 3 heterocycles. The van der Waals surface area contributed by atoms with E-state index in [1.807, 2.05) is 62.4 Å². The number of anilines is 1. The summed E-state index contributed by atoms with van der Waals surface area (Å²) in [7, 11) is 0. The maximum atomic E-state index is 13.6. The van der Waals surface area contributed by atoms with Gasteiger partial charge in [0.05, 0.1) is 17.8 Å². The smallest absolute Gasteiger partial charge is 0.263 e. The Labute approximate surface area is 172 Å². The lowest BCUT2D eigenvalue weighted by atomic mass is 10.0. The third kappa shape index (κ3) is 2.91.